The van der Waals surface area contributed by atoms with Gasteiger partial charge in [0.05, 0.1) is 11.6 Å². The van der Waals surface area contributed by atoms with Gasteiger partial charge in [-0.3, -0.25) is 4.39 Å². The van der Waals surface area contributed by atoms with Gasteiger partial charge in [-0.1, -0.05) is 83.7 Å². The first kappa shape index (κ1) is 75.1. The second kappa shape index (κ2) is 40.4. The molecule has 0 N–H and O–H groups in total. The summed E-state index contributed by atoms with van der Waals surface area (Å²) in [6, 6.07) is 83.1. The van der Waals surface area contributed by atoms with Crippen molar-refractivity contribution in [3.05, 3.63) is 315 Å². The molecule has 0 aliphatic rings. The van der Waals surface area contributed by atoms with E-state index < -0.39 is 23.4 Å². The Morgan fingerprint density at radius 2 is 0.800 bits per heavy atom. The minimum absolute atomic E-state index is 0. The minimum Gasteiger partial charge on any atom is -0.319 e. The molecule has 7 heterocycles. The maximum atomic E-state index is 12.8. The molecule has 0 spiro atoms. The summed E-state index contributed by atoms with van der Waals surface area (Å²) in [6.07, 6.45) is 6.04. The smallest absolute Gasteiger partial charge is 0.319 e. The third-order valence-corrected chi connectivity index (χ3v) is 11.8. The minimum atomic E-state index is -4.32. The predicted octanol–water partition coefficient (Wildman–Crippen LogP) is 17.3. The first-order valence-corrected chi connectivity index (χ1v) is 25.1. The zero-order valence-corrected chi connectivity index (χ0v) is 58.9. The van der Waals surface area contributed by atoms with Crippen LogP contribution in [0.2, 0.25) is 0 Å². The van der Waals surface area contributed by atoms with E-state index in [4.69, 9.17) is 0 Å². The molecule has 5 radical (unpaired) electrons. The third kappa shape index (κ3) is 24.0. The number of nitrogens with zero attached hydrogens (tertiary/aromatic N) is 6. The third-order valence-electron chi connectivity index (χ3n) is 10.9. The molecular weight excluding hydrogens is 2170 g/mol. The molecule has 0 aliphatic heterocycles. The summed E-state index contributed by atoms with van der Waals surface area (Å²) >= 11 is 1.66. The standard InChI is InChI=1S/C13H8N.C12H7F3N.C11H6F2N.2C11H8N.C9H6NS.5Ir.Pt/c1-2-6-12-10(4-1)7-8-11-5-3-9-14-13(11)12;13-12(14,15)10-6-4-9(5-7-10)11-3-1-2-8-16-11;12-9-5-4-8(7-10(9)13)11-3-1-2-6-14-11;2*1-2-6-10(7-3-1)11-8-4-5-9-12-11;1-2-6-10-8(4-1)9-5-3-7-11-9;;;;;;/h1-5,7-9H;1-4,6-8H;1-3,5-7H;2*1-6,8-9H;1-4,6-7H;;;;;;/q6*-1;;;;;;. The van der Waals surface area contributed by atoms with Crippen LogP contribution in [0.4, 0.5) is 22.0 Å². The van der Waals surface area contributed by atoms with Crippen LogP contribution in [0, 0.1) is 48.0 Å². The van der Waals surface area contributed by atoms with E-state index in [0.717, 1.165) is 68.3 Å². The van der Waals surface area contributed by atoms with Crippen molar-refractivity contribution in [1.82, 2.24) is 29.9 Å². The van der Waals surface area contributed by atoms with Gasteiger partial charge in [0.15, 0.2) is 0 Å². The molecule has 0 fully saturated rings. The van der Waals surface area contributed by atoms with Crippen LogP contribution in [0.15, 0.2) is 261 Å². The molecule has 6 aromatic carbocycles. The van der Waals surface area contributed by atoms with Crippen LogP contribution < -0.4 is 0 Å². The molecule has 0 amide bonds. The van der Waals surface area contributed by atoms with E-state index >= 15 is 0 Å². The fourth-order valence-corrected chi connectivity index (χ4v) is 7.81. The average Bonchev–Trinajstić information content (AvgIpc) is 3.77. The fourth-order valence-electron chi connectivity index (χ4n) is 7.16. The van der Waals surface area contributed by atoms with Crippen molar-refractivity contribution >= 4 is 33.0 Å². The average molecular weight is 2220 g/mol. The molecule has 0 saturated carbocycles. The van der Waals surface area contributed by atoms with Gasteiger partial charge in [0, 0.05) is 159 Å². The van der Waals surface area contributed by atoms with Crippen molar-refractivity contribution < 1.29 is 144 Å². The summed E-state index contributed by atoms with van der Waals surface area (Å²) in [5, 5.41) is 5.47. The van der Waals surface area contributed by atoms with Gasteiger partial charge < -0.3 is 29.9 Å². The molecule has 443 valence electrons. The normalized spacial score (nSPS) is 9.61. The van der Waals surface area contributed by atoms with Crippen molar-refractivity contribution in [2.24, 2.45) is 0 Å². The van der Waals surface area contributed by atoms with Gasteiger partial charge in [-0.05, 0) is 81.3 Å². The Hall–Kier alpha value is -5.97. The first-order valence-electron chi connectivity index (χ1n) is 24.2. The fraction of sp³-hybridized carbons (Fsp3) is 0.0149. The van der Waals surface area contributed by atoms with Gasteiger partial charge in [0.1, 0.15) is 0 Å². The van der Waals surface area contributed by atoms with E-state index in [9.17, 15) is 22.0 Å². The summed E-state index contributed by atoms with van der Waals surface area (Å²) in [5.41, 5.74) is 7.54. The molecule has 0 saturated heterocycles. The summed E-state index contributed by atoms with van der Waals surface area (Å²) in [7, 11) is 0. The number of benzene rings is 6. The molecule has 13 rings (SSSR count). The Morgan fingerprint density at radius 1 is 0.353 bits per heavy atom. The van der Waals surface area contributed by atoms with Gasteiger partial charge in [-0.2, -0.15) is 25.3 Å². The van der Waals surface area contributed by atoms with Crippen LogP contribution in [0.25, 0.3) is 77.3 Å². The Bertz CT molecular complexity index is 3640. The molecule has 0 bridgehead atoms. The predicted molar refractivity (Wildman–Crippen MR) is 303 cm³/mol. The molecule has 7 aromatic heterocycles. The van der Waals surface area contributed by atoms with E-state index in [1.807, 2.05) is 139 Å². The van der Waals surface area contributed by atoms with E-state index in [1.54, 1.807) is 78.7 Å². The summed E-state index contributed by atoms with van der Waals surface area (Å²) in [5.74, 6) is -1.78. The van der Waals surface area contributed by atoms with Gasteiger partial charge in [0.25, 0.3) is 0 Å². The number of aromatic nitrogens is 6. The Balaban J connectivity index is 0.000000344. The Kier molecular flexibility index (Phi) is 35.7. The Morgan fingerprint density at radius 3 is 1.24 bits per heavy atom. The maximum absolute atomic E-state index is 12.8. The molecule has 0 aliphatic carbocycles. The first-order chi connectivity index (χ1) is 38.7. The number of fused-ring (bicyclic) bond motifs is 3. The number of alkyl halides is 3. The molecule has 18 heteroatoms. The van der Waals surface area contributed by atoms with Crippen molar-refractivity contribution in [3.63, 3.8) is 0 Å². The van der Waals surface area contributed by atoms with Gasteiger partial charge in [-0.25, -0.2) is 15.7 Å². The number of thiophene rings is 1. The number of pyridine rings is 6. The molecule has 85 heavy (non-hydrogen) atoms. The largest absolute Gasteiger partial charge is 0.381 e. The SMILES string of the molecule is FC(F)(F)c1c[c-]c(-c2ccccn2)cc1.Fc1c[c-]c(-c2ccccn2)cc1F.[Ir].[Ir].[Ir].[Ir].[Ir].[Pt].[c-]1cccc2ccc3cccnc3c12.[c-]1ccccc1-c1ccccn1.[c-]1ccccc1-c1ccccn1.[c-]1ccsc1-c1ccccn1. The molecule has 0 unspecified atom stereocenters. The van der Waals surface area contributed by atoms with Gasteiger partial charge in [-0.15, -0.1) is 166 Å². The summed E-state index contributed by atoms with van der Waals surface area (Å²) in [4.78, 5) is 26.1. The van der Waals surface area contributed by atoms with Crippen molar-refractivity contribution in [3.8, 4) is 55.6 Å². The molecular formula is C67H43F5Ir5N6PtS-6. The molecule has 13 aromatic rings. The second-order valence-electron chi connectivity index (χ2n) is 16.3. The Labute approximate surface area is 576 Å². The number of rotatable bonds is 5. The summed E-state index contributed by atoms with van der Waals surface area (Å²) < 4.78 is 62.3. The van der Waals surface area contributed by atoms with E-state index in [2.05, 4.69) is 90.6 Å². The van der Waals surface area contributed by atoms with Gasteiger partial charge in [0.2, 0.25) is 0 Å². The van der Waals surface area contributed by atoms with Crippen LogP contribution in [-0.2, 0) is 128 Å². The van der Waals surface area contributed by atoms with E-state index in [-0.39, 0.29) is 122 Å². The number of hydrogen-bond donors (Lipinski definition) is 0. The topological polar surface area (TPSA) is 77.3 Å². The summed E-state index contributed by atoms with van der Waals surface area (Å²) in [6.45, 7) is 0. The van der Waals surface area contributed by atoms with Crippen LogP contribution in [0.5, 0.6) is 0 Å². The zero-order chi connectivity index (χ0) is 54.9. The maximum Gasteiger partial charge on any atom is 0.381 e. The van der Waals surface area contributed by atoms with Crippen LogP contribution in [0.3, 0.4) is 0 Å². The van der Waals surface area contributed by atoms with Crippen molar-refractivity contribution in [1.29, 1.82) is 0 Å². The van der Waals surface area contributed by atoms with Crippen LogP contribution in [-0.4, -0.2) is 29.9 Å². The molecule has 0 atom stereocenters. The molecule has 6 nitrogen and oxygen atoms in total. The zero-order valence-electron chi connectivity index (χ0n) is 43.8. The number of hydrogen-bond acceptors (Lipinski definition) is 7. The van der Waals surface area contributed by atoms with Crippen molar-refractivity contribution in [2.45, 2.75) is 6.18 Å². The van der Waals surface area contributed by atoms with E-state index in [1.165, 1.54) is 16.8 Å². The second-order valence-corrected chi connectivity index (χ2v) is 17.2. The van der Waals surface area contributed by atoms with Crippen LogP contribution >= 0.6 is 11.3 Å². The quantitative estimate of drug-likeness (QED) is 0.0971. The van der Waals surface area contributed by atoms with Crippen LogP contribution in [0.1, 0.15) is 5.56 Å². The van der Waals surface area contributed by atoms with E-state index in [0.29, 0.717) is 22.5 Å². The van der Waals surface area contributed by atoms with Crippen molar-refractivity contribution in [2.75, 3.05) is 0 Å². The number of halogens is 5. The van der Waals surface area contributed by atoms with Gasteiger partial charge >= 0.3 is 6.18 Å². The monoisotopic (exact) mass is 2220 g/mol.